The number of rotatable bonds is 5. The van der Waals surface area contributed by atoms with E-state index in [1.165, 1.54) is 6.20 Å². The number of hydrogen-bond acceptors (Lipinski definition) is 4. The predicted octanol–water partition coefficient (Wildman–Crippen LogP) is 3.93. The number of aromatic nitrogens is 2. The molecule has 1 aromatic carbocycles. The molecule has 2 aromatic rings. The number of benzene rings is 1. The smallest absolute Gasteiger partial charge is 0.341 e. The molecule has 0 saturated carbocycles. The minimum absolute atomic E-state index is 0.330. The maximum absolute atomic E-state index is 11.9. The molecule has 0 aliphatic carbocycles. The number of ether oxygens (including phenoxy) is 1. The van der Waals surface area contributed by atoms with E-state index in [1.54, 1.807) is 13.0 Å². The topological polar surface area (TPSA) is 52.1 Å². The Morgan fingerprint density at radius 2 is 2.05 bits per heavy atom. The monoisotopic (exact) mass is 304 g/mol. The summed E-state index contributed by atoms with van der Waals surface area (Å²) in [6, 6.07) is 7.38. The Bertz CT molecular complexity index is 644. The molecule has 0 N–H and O–H groups in total. The molecular weight excluding hydrogens is 288 g/mol. The van der Waals surface area contributed by atoms with Crippen LogP contribution in [-0.4, -0.2) is 22.5 Å². The lowest BCUT2D eigenvalue weighted by atomic mass is 10.1. The summed E-state index contributed by atoms with van der Waals surface area (Å²) in [6.07, 6.45) is 3.09. The number of nitrogens with zero attached hydrogens (tertiary/aromatic N) is 2. The van der Waals surface area contributed by atoms with Crippen molar-refractivity contribution in [2.24, 2.45) is 0 Å². The SMILES string of the molecule is CCCc1nc(-c2ccccc2Cl)ncc1C(=O)OCC. The van der Waals surface area contributed by atoms with Gasteiger partial charge in [0.2, 0.25) is 0 Å². The van der Waals surface area contributed by atoms with Crippen molar-refractivity contribution in [2.45, 2.75) is 26.7 Å². The first-order valence-electron chi connectivity index (χ1n) is 6.95. The summed E-state index contributed by atoms with van der Waals surface area (Å²) < 4.78 is 5.04. The number of hydrogen-bond donors (Lipinski definition) is 0. The average Bonchev–Trinajstić information content (AvgIpc) is 2.48. The number of esters is 1. The zero-order valence-corrected chi connectivity index (χ0v) is 12.9. The van der Waals surface area contributed by atoms with Gasteiger partial charge in [0.25, 0.3) is 0 Å². The highest BCUT2D eigenvalue weighted by Crippen LogP contribution is 2.25. The highest BCUT2D eigenvalue weighted by Gasteiger charge is 2.16. The highest BCUT2D eigenvalue weighted by atomic mass is 35.5. The summed E-state index contributed by atoms with van der Waals surface area (Å²) in [6.45, 7) is 4.14. The lowest BCUT2D eigenvalue weighted by molar-refractivity contribution is 0.0524. The molecule has 0 bridgehead atoms. The van der Waals surface area contributed by atoms with Crippen molar-refractivity contribution in [3.63, 3.8) is 0 Å². The van der Waals surface area contributed by atoms with E-state index < -0.39 is 0 Å². The van der Waals surface area contributed by atoms with Gasteiger partial charge in [-0.05, 0) is 25.5 Å². The number of carbonyl (C=O) groups excluding carboxylic acids is 1. The minimum Gasteiger partial charge on any atom is -0.462 e. The van der Waals surface area contributed by atoms with Crippen molar-refractivity contribution < 1.29 is 9.53 Å². The maximum atomic E-state index is 11.9. The average molecular weight is 305 g/mol. The van der Waals surface area contributed by atoms with E-state index in [9.17, 15) is 4.79 Å². The lowest BCUT2D eigenvalue weighted by Crippen LogP contribution is -2.11. The second-order valence-corrected chi connectivity index (χ2v) is 4.91. The summed E-state index contributed by atoms with van der Waals surface area (Å²) in [5.74, 6) is 0.142. The fourth-order valence-corrected chi connectivity index (χ4v) is 2.22. The summed E-state index contributed by atoms with van der Waals surface area (Å²) in [7, 11) is 0. The van der Waals surface area contributed by atoms with Crippen LogP contribution in [0.3, 0.4) is 0 Å². The third-order valence-electron chi connectivity index (χ3n) is 2.96. The van der Waals surface area contributed by atoms with Gasteiger partial charge >= 0.3 is 5.97 Å². The highest BCUT2D eigenvalue weighted by molar-refractivity contribution is 6.33. The molecule has 21 heavy (non-hydrogen) atoms. The van der Waals surface area contributed by atoms with E-state index in [-0.39, 0.29) is 5.97 Å². The molecule has 4 nitrogen and oxygen atoms in total. The van der Waals surface area contributed by atoms with Crippen LogP contribution in [0.2, 0.25) is 5.02 Å². The Morgan fingerprint density at radius 3 is 2.71 bits per heavy atom. The van der Waals surface area contributed by atoms with Crippen molar-refractivity contribution in [1.29, 1.82) is 0 Å². The molecule has 0 amide bonds. The minimum atomic E-state index is -0.383. The standard InChI is InChI=1S/C16H17ClN2O2/c1-3-7-14-12(16(20)21-4-2)10-18-15(19-14)11-8-5-6-9-13(11)17/h5-6,8-10H,3-4,7H2,1-2H3. The van der Waals surface area contributed by atoms with Gasteiger partial charge in [0.1, 0.15) is 0 Å². The van der Waals surface area contributed by atoms with Crippen molar-refractivity contribution in [2.75, 3.05) is 6.61 Å². The van der Waals surface area contributed by atoms with Gasteiger partial charge in [-0.3, -0.25) is 0 Å². The first kappa shape index (κ1) is 15.4. The van der Waals surface area contributed by atoms with Gasteiger partial charge in [0, 0.05) is 11.8 Å². The maximum Gasteiger partial charge on any atom is 0.341 e. The third kappa shape index (κ3) is 3.58. The van der Waals surface area contributed by atoms with Crippen molar-refractivity contribution in [3.05, 3.63) is 46.7 Å². The lowest BCUT2D eigenvalue weighted by Gasteiger charge is -2.09. The first-order valence-corrected chi connectivity index (χ1v) is 7.33. The largest absolute Gasteiger partial charge is 0.462 e. The normalized spacial score (nSPS) is 10.4. The Kier molecular flexibility index (Phi) is 5.28. The molecule has 0 radical (unpaired) electrons. The summed E-state index contributed by atoms with van der Waals surface area (Å²) >= 11 is 6.17. The molecule has 0 aliphatic heterocycles. The number of carbonyl (C=O) groups is 1. The Labute approximate surface area is 129 Å². The summed E-state index contributed by atoms with van der Waals surface area (Å²) in [4.78, 5) is 20.7. The predicted molar refractivity (Wildman–Crippen MR) is 82.4 cm³/mol. The Morgan fingerprint density at radius 1 is 1.29 bits per heavy atom. The molecule has 0 aliphatic rings. The summed E-state index contributed by atoms with van der Waals surface area (Å²) in [5, 5.41) is 0.587. The number of aryl methyl sites for hydroxylation is 1. The van der Waals surface area contributed by atoms with Crippen LogP contribution in [0, 0.1) is 0 Å². The second-order valence-electron chi connectivity index (χ2n) is 4.50. The zero-order chi connectivity index (χ0) is 15.2. The van der Waals surface area contributed by atoms with Gasteiger partial charge in [-0.2, -0.15) is 0 Å². The molecule has 5 heteroatoms. The van der Waals surface area contributed by atoms with Gasteiger partial charge in [0.05, 0.1) is 22.9 Å². The van der Waals surface area contributed by atoms with E-state index in [0.29, 0.717) is 35.1 Å². The van der Waals surface area contributed by atoms with Crippen molar-refractivity contribution in [1.82, 2.24) is 9.97 Å². The second kappa shape index (κ2) is 7.18. The van der Waals surface area contributed by atoms with E-state index in [4.69, 9.17) is 16.3 Å². The van der Waals surface area contributed by atoms with Crippen molar-refractivity contribution in [3.8, 4) is 11.4 Å². The molecule has 1 aromatic heterocycles. The van der Waals surface area contributed by atoms with E-state index in [2.05, 4.69) is 9.97 Å². The van der Waals surface area contributed by atoms with Gasteiger partial charge in [-0.25, -0.2) is 14.8 Å². The molecular formula is C16H17ClN2O2. The number of halogens is 1. The molecule has 0 fully saturated rings. The van der Waals surface area contributed by atoms with Crippen LogP contribution in [-0.2, 0) is 11.2 Å². The van der Waals surface area contributed by atoms with Crippen LogP contribution in [0.5, 0.6) is 0 Å². The van der Waals surface area contributed by atoms with Crippen LogP contribution in [0.15, 0.2) is 30.5 Å². The van der Waals surface area contributed by atoms with Crippen LogP contribution >= 0.6 is 11.6 Å². The van der Waals surface area contributed by atoms with Crippen LogP contribution < -0.4 is 0 Å². The zero-order valence-electron chi connectivity index (χ0n) is 12.1. The van der Waals surface area contributed by atoms with Crippen LogP contribution in [0.1, 0.15) is 36.3 Å². The molecule has 2 rings (SSSR count). The van der Waals surface area contributed by atoms with Gasteiger partial charge in [0.15, 0.2) is 5.82 Å². The first-order chi connectivity index (χ1) is 10.2. The van der Waals surface area contributed by atoms with Crippen LogP contribution in [0.4, 0.5) is 0 Å². The van der Waals surface area contributed by atoms with Gasteiger partial charge < -0.3 is 4.74 Å². The Balaban J connectivity index is 2.45. The molecule has 110 valence electrons. The quantitative estimate of drug-likeness (QED) is 0.785. The van der Waals surface area contributed by atoms with Crippen LogP contribution in [0.25, 0.3) is 11.4 Å². The molecule has 0 atom stereocenters. The van der Waals surface area contributed by atoms with Gasteiger partial charge in [-0.1, -0.05) is 37.1 Å². The fourth-order valence-electron chi connectivity index (χ4n) is 2.00. The van der Waals surface area contributed by atoms with Gasteiger partial charge in [-0.15, -0.1) is 0 Å². The van der Waals surface area contributed by atoms with E-state index in [0.717, 1.165) is 12.0 Å². The summed E-state index contributed by atoms with van der Waals surface area (Å²) in [5.41, 5.74) is 1.88. The van der Waals surface area contributed by atoms with Crippen molar-refractivity contribution >= 4 is 17.6 Å². The molecule has 0 unspecified atom stereocenters. The molecule has 1 heterocycles. The molecule has 0 saturated heterocycles. The van der Waals surface area contributed by atoms with E-state index in [1.807, 2.05) is 25.1 Å². The third-order valence-corrected chi connectivity index (χ3v) is 3.29. The fraction of sp³-hybridized carbons (Fsp3) is 0.312. The molecule has 0 spiro atoms. The van der Waals surface area contributed by atoms with E-state index >= 15 is 0 Å². The Hall–Kier alpha value is -1.94.